The average Bonchev–Trinajstić information content (AvgIpc) is 3.20. The highest BCUT2D eigenvalue weighted by Crippen LogP contribution is 2.35. The van der Waals surface area contributed by atoms with Gasteiger partial charge in [-0.1, -0.05) is 25.2 Å². The van der Waals surface area contributed by atoms with Gasteiger partial charge in [0.25, 0.3) is 0 Å². The van der Waals surface area contributed by atoms with Crippen molar-refractivity contribution in [2.75, 3.05) is 18.6 Å². The zero-order valence-electron chi connectivity index (χ0n) is 17.1. The Hall–Kier alpha value is -2.56. The molecule has 1 aromatic heterocycles. The number of ether oxygens (including phenoxy) is 1. The van der Waals surface area contributed by atoms with E-state index in [-0.39, 0.29) is 6.09 Å². The number of carbonyl (C=O) groups is 1. The van der Waals surface area contributed by atoms with Crippen LogP contribution in [-0.2, 0) is 4.74 Å². The highest BCUT2D eigenvalue weighted by atomic mass is 16.5. The molecule has 5 heteroatoms. The third kappa shape index (κ3) is 4.64. The van der Waals surface area contributed by atoms with Crippen LogP contribution in [-0.4, -0.2) is 29.7 Å². The zero-order chi connectivity index (χ0) is 19.9. The lowest BCUT2D eigenvalue weighted by atomic mass is 9.78. The first-order valence-corrected chi connectivity index (χ1v) is 10.3. The second kappa shape index (κ2) is 9.58. The summed E-state index contributed by atoms with van der Waals surface area (Å²) < 4.78 is 5.07. The van der Waals surface area contributed by atoms with E-state index < -0.39 is 0 Å². The molecule has 3 rings (SSSR count). The van der Waals surface area contributed by atoms with Crippen molar-refractivity contribution in [3.05, 3.63) is 48.3 Å². The van der Waals surface area contributed by atoms with E-state index in [9.17, 15) is 4.79 Å². The predicted molar refractivity (Wildman–Crippen MR) is 114 cm³/mol. The van der Waals surface area contributed by atoms with E-state index in [1.54, 1.807) is 11.2 Å². The molecule has 150 valence electrons. The molecule has 1 heterocycles. The summed E-state index contributed by atoms with van der Waals surface area (Å²) in [7, 11) is 1.44. The molecule has 0 unspecified atom stereocenters. The highest BCUT2D eigenvalue weighted by molar-refractivity contribution is 5.90. The number of allylic oxidation sites excluding steroid dienone is 4. The van der Waals surface area contributed by atoms with Crippen LogP contribution in [0.3, 0.4) is 0 Å². The highest BCUT2D eigenvalue weighted by Gasteiger charge is 2.27. The first-order valence-electron chi connectivity index (χ1n) is 10.3. The molecule has 5 nitrogen and oxygen atoms in total. The van der Waals surface area contributed by atoms with E-state index in [4.69, 9.17) is 4.74 Å². The Kier molecular flexibility index (Phi) is 6.90. The summed E-state index contributed by atoms with van der Waals surface area (Å²) in [6.07, 6.45) is 13.8. The molecule has 2 aromatic rings. The maximum atomic E-state index is 12.5. The van der Waals surface area contributed by atoms with Gasteiger partial charge in [0.2, 0.25) is 0 Å². The van der Waals surface area contributed by atoms with E-state index in [2.05, 4.69) is 42.0 Å². The number of methoxy groups -OCH3 is 1. The Balaban J connectivity index is 1.67. The quantitative estimate of drug-likeness (QED) is 0.638. The van der Waals surface area contributed by atoms with Crippen molar-refractivity contribution in [1.82, 2.24) is 9.97 Å². The Labute approximate surface area is 167 Å². The lowest BCUT2D eigenvalue weighted by molar-refractivity contribution is 0.175. The molecule has 0 bridgehead atoms. The minimum atomic E-state index is -0.305. The molecule has 1 aliphatic carbocycles. The number of nitrogens with zero attached hydrogens (tertiary/aromatic N) is 2. The maximum absolute atomic E-state index is 12.5. The van der Waals surface area contributed by atoms with E-state index in [0.29, 0.717) is 18.4 Å². The molecule has 1 aliphatic rings. The first-order chi connectivity index (χ1) is 13.7. The molecule has 1 saturated carbocycles. The number of H-pyrrole nitrogens is 1. The van der Waals surface area contributed by atoms with Gasteiger partial charge in [-0.25, -0.2) is 9.78 Å². The molecule has 1 amide bonds. The van der Waals surface area contributed by atoms with Crippen molar-refractivity contribution in [3.8, 4) is 0 Å². The van der Waals surface area contributed by atoms with Gasteiger partial charge >= 0.3 is 6.09 Å². The smallest absolute Gasteiger partial charge is 0.414 e. The summed E-state index contributed by atoms with van der Waals surface area (Å²) in [4.78, 5) is 21.6. The number of rotatable bonds is 6. The minimum Gasteiger partial charge on any atom is -0.452 e. The van der Waals surface area contributed by atoms with Crippen LogP contribution < -0.4 is 4.90 Å². The molecule has 0 radical (unpaired) electrons. The Bertz CT molecular complexity index is 844. The van der Waals surface area contributed by atoms with Gasteiger partial charge in [0, 0.05) is 12.2 Å². The van der Waals surface area contributed by atoms with Gasteiger partial charge in [-0.2, -0.15) is 0 Å². The molecule has 28 heavy (non-hydrogen) atoms. The van der Waals surface area contributed by atoms with Crippen LogP contribution in [0.15, 0.2) is 48.3 Å². The molecule has 1 fully saturated rings. The van der Waals surface area contributed by atoms with Crippen LogP contribution in [0.25, 0.3) is 11.0 Å². The number of anilines is 1. The molecule has 0 aliphatic heterocycles. The van der Waals surface area contributed by atoms with Crippen LogP contribution in [0, 0.1) is 11.8 Å². The first kappa shape index (κ1) is 20.2. The molecular formula is C23H31N3O2. The number of nitrogens with one attached hydrogen (secondary N) is 1. The van der Waals surface area contributed by atoms with Gasteiger partial charge in [-0.3, -0.25) is 4.90 Å². The summed E-state index contributed by atoms with van der Waals surface area (Å²) in [6.45, 7) is 4.99. The number of amides is 1. The van der Waals surface area contributed by atoms with Crippen molar-refractivity contribution in [2.45, 2.75) is 46.0 Å². The molecule has 0 saturated heterocycles. The van der Waals surface area contributed by atoms with Crippen LogP contribution in [0.4, 0.5) is 10.5 Å². The average molecular weight is 382 g/mol. The lowest BCUT2D eigenvalue weighted by Crippen LogP contribution is -2.36. The largest absolute Gasteiger partial charge is 0.452 e. The topological polar surface area (TPSA) is 58.2 Å². The summed E-state index contributed by atoms with van der Waals surface area (Å²) in [6, 6.07) is 5.85. The number of aromatic amines is 1. The Morgan fingerprint density at radius 3 is 2.79 bits per heavy atom. The summed E-state index contributed by atoms with van der Waals surface area (Å²) in [5.41, 5.74) is 4.13. The molecule has 0 spiro atoms. The molecule has 1 aromatic carbocycles. The monoisotopic (exact) mass is 381 g/mol. The third-order valence-corrected chi connectivity index (χ3v) is 5.75. The van der Waals surface area contributed by atoms with Gasteiger partial charge in [0.15, 0.2) is 0 Å². The third-order valence-electron chi connectivity index (χ3n) is 5.75. The van der Waals surface area contributed by atoms with Gasteiger partial charge < -0.3 is 9.72 Å². The number of hydrogen-bond donors (Lipinski definition) is 1. The number of aromatic nitrogens is 2. The molecule has 0 atom stereocenters. The number of hydrogen-bond acceptors (Lipinski definition) is 3. The summed E-state index contributed by atoms with van der Waals surface area (Å²) in [5, 5.41) is 0. The van der Waals surface area contributed by atoms with E-state index >= 15 is 0 Å². The van der Waals surface area contributed by atoms with E-state index in [1.165, 1.54) is 25.5 Å². The number of carbonyl (C=O) groups excluding carboxylic acids is 1. The van der Waals surface area contributed by atoms with Gasteiger partial charge in [-0.15, -0.1) is 0 Å². The lowest BCUT2D eigenvalue weighted by Gasteiger charge is -2.32. The van der Waals surface area contributed by atoms with Crippen LogP contribution >= 0.6 is 0 Å². The van der Waals surface area contributed by atoms with Gasteiger partial charge in [0.1, 0.15) is 0 Å². The van der Waals surface area contributed by atoms with Crippen molar-refractivity contribution in [3.63, 3.8) is 0 Å². The van der Waals surface area contributed by atoms with Gasteiger partial charge in [-0.05, 0) is 74.6 Å². The van der Waals surface area contributed by atoms with Crippen molar-refractivity contribution >= 4 is 22.8 Å². The van der Waals surface area contributed by atoms with Crippen molar-refractivity contribution < 1.29 is 9.53 Å². The van der Waals surface area contributed by atoms with Gasteiger partial charge in [0.05, 0.1) is 24.5 Å². The summed E-state index contributed by atoms with van der Waals surface area (Å²) in [5.74, 6) is 1.12. The Morgan fingerprint density at radius 1 is 1.32 bits per heavy atom. The van der Waals surface area contributed by atoms with Crippen molar-refractivity contribution in [2.24, 2.45) is 11.8 Å². The fraction of sp³-hybridized carbons (Fsp3) is 0.478. The SMILES string of the molecule is C/C=C(\C=C/CC)C1CCC(CN(C(=O)OC)c2ccc3nc[nH]c3c2)CC1. The predicted octanol–water partition coefficient (Wildman–Crippen LogP) is 5.85. The van der Waals surface area contributed by atoms with E-state index in [0.717, 1.165) is 36.0 Å². The molecular weight excluding hydrogens is 350 g/mol. The van der Waals surface area contributed by atoms with Crippen molar-refractivity contribution in [1.29, 1.82) is 0 Å². The normalized spacial score (nSPS) is 20.6. The van der Waals surface area contributed by atoms with Crippen LogP contribution in [0.1, 0.15) is 46.0 Å². The number of benzene rings is 1. The number of imidazole rings is 1. The minimum absolute atomic E-state index is 0.305. The van der Waals surface area contributed by atoms with E-state index in [1.807, 2.05) is 18.2 Å². The fourth-order valence-electron chi connectivity index (χ4n) is 4.15. The maximum Gasteiger partial charge on any atom is 0.414 e. The Morgan fingerprint density at radius 2 is 2.11 bits per heavy atom. The number of fused-ring (bicyclic) bond motifs is 1. The second-order valence-electron chi connectivity index (χ2n) is 7.50. The van der Waals surface area contributed by atoms with Crippen LogP contribution in [0.5, 0.6) is 0 Å². The molecule has 1 N–H and O–H groups in total. The zero-order valence-corrected chi connectivity index (χ0v) is 17.1. The fourth-order valence-corrected chi connectivity index (χ4v) is 4.15. The second-order valence-corrected chi connectivity index (χ2v) is 7.50. The standard InChI is InChI=1S/C23H31N3O2/c1-4-6-7-18(5-2)19-10-8-17(9-11-19)15-26(23(27)28-3)20-12-13-21-22(14-20)25-16-24-21/h5-7,12-14,16-17,19H,4,8-11,15H2,1-3H3,(H,24,25)/b7-6-,18-5+. The summed E-state index contributed by atoms with van der Waals surface area (Å²) >= 11 is 0. The van der Waals surface area contributed by atoms with Crippen LogP contribution in [0.2, 0.25) is 0 Å².